The van der Waals surface area contributed by atoms with Crippen LogP contribution >= 0.6 is 0 Å². The highest BCUT2D eigenvalue weighted by Crippen LogP contribution is 2.12. The third-order valence-electron chi connectivity index (χ3n) is 2.59. The summed E-state index contributed by atoms with van der Waals surface area (Å²) in [5, 5.41) is 3.33. The van der Waals surface area contributed by atoms with Gasteiger partial charge in [0.25, 0.3) is 0 Å². The molecule has 0 amide bonds. The molecule has 5 nitrogen and oxygen atoms in total. The summed E-state index contributed by atoms with van der Waals surface area (Å²) in [6.07, 6.45) is 7.74. The number of aromatic nitrogens is 1. The zero-order valence-corrected chi connectivity index (χ0v) is 9.17. The Kier molecular flexibility index (Phi) is 2.50. The lowest BCUT2D eigenvalue weighted by atomic mass is 10.1. The molecule has 0 saturated heterocycles. The van der Waals surface area contributed by atoms with Crippen molar-refractivity contribution in [1.82, 2.24) is 10.3 Å². The second-order valence-electron chi connectivity index (χ2n) is 3.82. The molecule has 1 N–H and O–H groups in total. The molecule has 0 aromatic carbocycles. The van der Waals surface area contributed by atoms with Gasteiger partial charge in [0.05, 0.1) is 5.71 Å². The minimum absolute atomic E-state index is 0.733. The third-order valence-corrected chi connectivity index (χ3v) is 2.59. The van der Waals surface area contributed by atoms with Gasteiger partial charge >= 0.3 is 0 Å². The first kappa shape index (κ1) is 9.89. The van der Waals surface area contributed by atoms with E-state index in [1.54, 1.807) is 12.5 Å². The molecule has 0 bridgehead atoms. The van der Waals surface area contributed by atoms with Crippen LogP contribution in [0.25, 0.3) is 0 Å². The summed E-state index contributed by atoms with van der Waals surface area (Å²) in [6.45, 7) is 0.749. The number of hydrogen-bond donors (Lipinski definition) is 1. The van der Waals surface area contributed by atoms with Gasteiger partial charge in [0.2, 0.25) is 0 Å². The summed E-state index contributed by atoms with van der Waals surface area (Å²) in [4.78, 5) is 16.5. The Morgan fingerprint density at radius 1 is 1.29 bits per heavy atom. The van der Waals surface area contributed by atoms with E-state index in [0.29, 0.717) is 0 Å². The van der Waals surface area contributed by atoms with Crippen LogP contribution in [0.2, 0.25) is 0 Å². The number of allylic oxidation sites excluding steroid dienone is 1. The van der Waals surface area contributed by atoms with E-state index in [2.05, 4.69) is 25.3 Å². The van der Waals surface area contributed by atoms with Gasteiger partial charge in [-0.15, -0.1) is 0 Å². The number of rotatable bonds is 3. The van der Waals surface area contributed by atoms with Crippen LogP contribution < -0.4 is 5.32 Å². The Labute approximate surface area is 98.7 Å². The summed E-state index contributed by atoms with van der Waals surface area (Å²) in [7, 11) is 0. The largest absolute Gasteiger partial charge is 0.383 e. The summed E-state index contributed by atoms with van der Waals surface area (Å²) >= 11 is 0. The summed E-state index contributed by atoms with van der Waals surface area (Å²) in [6, 6.07) is 3.96. The Balaban J connectivity index is 1.64. The Morgan fingerprint density at radius 2 is 2.29 bits per heavy atom. The molecule has 2 aliphatic heterocycles. The number of pyridine rings is 1. The van der Waals surface area contributed by atoms with Gasteiger partial charge in [0.1, 0.15) is 6.34 Å². The van der Waals surface area contributed by atoms with Gasteiger partial charge in [-0.3, -0.25) is 4.98 Å². The smallest absolute Gasteiger partial charge is 0.175 e. The van der Waals surface area contributed by atoms with E-state index in [1.165, 1.54) is 0 Å². The molecule has 3 rings (SSSR count). The van der Waals surface area contributed by atoms with Crippen LogP contribution in [0.5, 0.6) is 0 Å². The molecule has 0 radical (unpaired) electrons. The fourth-order valence-corrected chi connectivity index (χ4v) is 1.71. The van der Waals surface area contributed by atoms with E-state index in [9.17, 15) is 0 Å². The van der Waals surface area contributed by atoms with E-state index in [-0.39, 0.29) is 0 Å². The maximum absolute atomic E-state index is 4.23. The molecule has 17 heavy (non-hydrogen) atoms. The predicted octanol–water partition coefficient (Wildman–Crippen LogP) is 1.30. The second-order valence-corrected chi connectivity index (χ2v) is 3.82. The number of aliphatic imine (C=N–C) groups is 3. The summed E-state index contributed by atoms with van der Waals surface area (Å²) < 4.78 is 0. The number of hydrogen-bond acceptors (Lipinski definition) is 5. The molecule has 0 unspecified atom stereocenters. The van der Waals surface area contributed by atoms with Crippen molar-refractivity contribution in [2.75, 3.05) is 0 Å². The van der Waals surface area contributed by atoms with E-state index in [1.807, 2.05) is 24.5 Å². The average molecular weight is 225 g/mol. The van der Waals surface area contributed by atoms with Crippen molar-refractivity contribution in [3.05, 3.63) is 42.0 Å². The quantitative estimate of drug-likeness (QED) is 0.842. The highest BCUT2D eigenvalue weighted by Gasteiger charge is 2.17. The van der Waals surface area contributed by atoms with Crippen LogP contribution in [0.4, 0.5) is 0 Å². The molecule has 0 saturated carbocycles. The van der Waals surface area contributed by atoms with Gasteiger partial charge in [-0.05, 0) is 11.6 Å². The maximum atomic E-state index is 4.23. The first-order valence-electron chi connectivity index (χ1n) is 5.41. The highest BCUT2D eigenvalue weighted by atomic mass is 15.1. The lowest BCUT2D eigenvalue weighted by Crippen LogP contribution is -2.21. The van der Waals surface area contributed by atoms with Crippen LogP contribution in [-0.2, 0) is 6.54 Å². The van der Waals surface area contributed by atoms with E-state index in [0.717, 1.165) is 35.8 Å². The standard InChI is InChI=1S/C12H11N5/c1-2-9(5-13-3-1)6-14-10-4-11-12(15-7-10)17-8-16-11/h1-3,5,7-8,14H,4,6H2. The molecule has 0 atom stereocenters. The van der Waals surface area contributed by atoms with E-state index in [4.69, 9.17) is 0 Å². The third kappa shape index (κ3) is 2.13. The van der Waals surface area contributed by atoms with Crippen molar-refractivity contribution in [2.45, 2.75) is 13.0 Å². The Morgan fingerprint density at radius 3 is 3.18 bits per heavy atom. The van der Waals surface area contributed by atoms with Crippen LogP contribution in [0.3, 0.4) is 0 Å². The average Bonchev–Trinajstić information content (AvgIpc) is 2.85. The molecule has 0 aliphatic carbocycles. The highest BCUT2D eigenvalue weighted by molar-refractivity contribution is 6.47. The minimum Gasteiger partial charge on any atom is -0.383 e. The van der Waals surface area contributed by atoms with Gasteiger partial charge in [-0.25, -0.2) is 15.0 Å². The summed E-state index contributed by atoms with van der Waals surface area (Å²) in [5.41, 5.74) is 3.14. The normalized spacial score (nSPS) is 17.1. The number of nitrogens with one attached hydrogen (secondary N) is 1. The van der Waals surface area contributed by atoms with Gasteiger partial charge in [-0.1, -0.05) is 6.07 Å². The molecule has 5 heteroatoms. The molecule has 0 fully saturated rings. The SMILES string of the molecule is C1=NC2=NC=C(NCc3cccnc3)CC2=N1. The van der Waals surface area contributed by atoms with Gasteiger partial charge in [0, 0.05) is 37.3 Å². The first-order chi connectivity index (χ1) is 8.42. The molecular weight excluding hydrogens is 214 g/mol. The van der Waals surface area contributed by atoms with Crippen LogP contribution in [0.1, 0.15) is 12.0 Å². The monoisotopic (exact) mass is 225 g/mol. The Bertz CT molecular complexity index is 539. The maximum Gasteiger partial charge on any atom is 0.175 e. The topological polar surface area (TPSA) is 62.0 Å². The van der Waals surface area contributed by atoms with Crippen LogP contribution in [-0.4, -0.2) is 22.9 Å². The first-order valence-corrected chi connectivity index (χ1v) is 5.41. The van der Waals surface area contributed by atoms with Gasteiger partial charge in [-0.2, -0.15) is 0 Å². The van der Waals surface area contributed by atoms with Crippen molar-refractivity contribution in [3.63, 3.8) is 0 Å². The van der Waals surface area contributed by atoms with Crippen LogP contribution in [0, 0.1) is 0 Å². The van der Waals surface area contributed by atoms with E-state index < -0.39 is 0 Å². The number of amidine groups is 1. The second kappa shape index (κ2) is 4.29. The molecule has 3 heterocycles. The zero-order chi connectivity index (χ0) is 11.5. The number of fused-ring (bicyclic) bond motifs is 1. The molecule has 2 aliphatic rings. The Hall–Kier alpha value is -2.30. The molecule has 0 spiro atoms. The predicted molar refractivity (Wildman–Crippen MR) is 67.1 cm³/mol. The molecule has 84 valence electrons. The summed E-state index contributed by atoms with van der Waals surface area (Å²) in [5.74, 6) is 0.733. The molecule has 1 aromatic rings. The van der Waals surface area contributed by atoms with Crippen molar-refractivity contribution >= 4 is 17.9 Å². The van der Waals surface area contributed by atoms with Gasteiger partial charge < -0.3 is 5.32 Å². The fraction of sp³-hybridized carbons (Fsp3) is 0.167. The number of nitrogens with zero attached hydrogens (tertiary/aromatic N) is 4. The molecular formula is C12H11N5. The fourth-order valence-electron chi connectivity index (χ4n) is 1.71. The van der Waals surface area contributed by atoms with Crippen molar-refractivity contribution in [1.29, 1.82) is 0 Å². The van der Waals surface area contributed by atoms with Crippen molar-refractivity contribution < 1.29 is 0 Å². The lowest BCUT2D eigenvalue weighted by molar-refractivity contribution is 0.788. The minimum atomic E-state index is 0.733. The van der Waals surface area contributed by atoms with Crippen molar-refractivity contribution in [2.24, 2.45) is 15.0 Å². The van der Waals surface area contributed by atoms with Gasteiger partial charge in [0.15, 0.2) is 5.84 Å². The van der Waals surface area contributed by atoms with Crippen molar-refractivity contribution in [3.8, 4) is 0 Å². The van der Waals surface area contributed by atoms with Crippen LogP contribution in [0.15, 0.2) is 51.4 Å². The van der Waals surface area contributed by atoms with E-state index >= 15 is 0 Å². The zero-order valence-electron chi connectivity index (χ0n) is 9.17. The molecule has 1 aromatic heterocycles. The lowest BCUT2D eigenvalue weighted by Gasteiger charge is -2.13.